The zero-order chi connectivity index (χ0) is 17.7. The van der Waals surface area contributed by atoms with E-state index >= 15 is 0 Å². The molecule has 0 radical (unpaired) electrons. The molecule has 2 heterocycles. The molecule has 128 valence electrons. The standard InChI is InChI=1S/C17H13Cl2FN4O/c1-24-12-5-6-21-15(23-17(25)8-7-11(8)20)14(12)22-16(24)13-9(18)3-2-4-10(13)19/h2-6,8,11H,7H2,1H3,(H,21,23,25). The van der Waals surface area contributed by atoms with Gasteiger partial charge in [-0.2, -0.15) is 0 Å². The van der Waals surface area contributed by atoms with Crippen LogP contribution in [0.15, 0.2) is 30.5 Å². The number of rotatable bonds is 3. The van der Waals surface area contributed by atoms with Crippen molar-refractivity contribution in [2.45, 2.75) is 12.6 Å². The van der Waals surface area contributed by atoms with E-state index in [9.17, 15) is 9.18 Å². The molecule has 0 spiro atoms. The number of aryl methyl sites for hydroxylation is 1. The summed E-state index contributed by atoms with van der Waals surface area (Å²) in [5.74, 6) is -0.121. The number of halogens is 3. The molecule has 4 rings (SSSR count). The SMILES string of the molecule is Cn1c(-c2c(Cl)cccc2Cl)nc2c(NC(=O)C3CC3F)nccc21. The molecule has 1 N–H and O–H groups in total. The molecule has 1 aromatic carbocycles. The van der Waals surface area contributed by atoms with E-state index in [0.717, 1.165) is 5.52 Å². The Labute approximate surface area is 152 Å². The number of nitrogens with one attached hydrogen (secondary N) is 1. The molecule has 8 heteroatoms. The summed E-state index contributed by atoms with van der Waals surface area (Å²) < 4.78 is 14.9. The van der Waals surface area contributed by atoms with E-state index in [1.807, 2.05) is 11.6 Å². The third-order valence-electron chi connectivity index (χ3n) is 4.28. The highest BCUT2D eigenvalue weighted by Gasteiger charge is 2.44. The molecular formula is C17H13Cl2FN4O. The van der Waals surface area contributed by atoms with Crippen LogP contribution in [0.5, 0.6) is 0 Å². The number of alkyl halides is 1. The maximum absolute atomic E-state index is 13.1. The van der Waals surface area contributed by atoms with Gasteiger partial charge in [0.15, 0.2) is 5.82 Å². The van der Waals surface area contributed by atoms with Gasteiger partial charge >= 0.3 is 0 Å². The number of hydrogen-bond donors (Lipinski definition) is 1. The second-order valence-corrected chi connectivity index (χ2v) is 6.78. The molecule has 0 aliphatic heterocycles. The number of fused-ring (bicyclic) bond motifs is 1. The quantitative estimate of drug-likeness (QED) is 0.741. The number of hydrogen-bond acceptors (Lipinski definition) is 3. The number of benzene rings is 1. The van der Waals surface area contributed by atoms with Crippen molar-refractivity contribution in [2.24, 2.45) is 13.0 Å². The largest absolute Gasteiger partial charge is 0.327 e. The van der Waals surface area contributed by atoms with Crippen LogP contribution < -0.4 is 5.32 Å². The summed E-state index contributed by atoms with van der Waals surface area (Å²) in [4.78, 5) is 20.8. The van der Waals surface area contributed by atoms with E-state index in [0.29, 0.717) is 32.8 Å². The number of imidazole rings is 1. The minimum atomic E-state index is -1.07. The van der Waals surface area contributed by atoms with Crippen molar-refractivity contribution >= 4 is 46.0 Å². The highest BCUT2D eigenvalue weighted by molar-refractivity contribution is 6.39. The average Bonchev–Trinajstić information content (AvgIpc) is 3.22. The van der Waals surface area contributed by atoms with E-state index in [-0.39, 0.29) is 12.3 Å². The summed E-state index contributed by atoms with van der Waals surface area (Å²) in [6.07, 6.45) is 0.752. The monoisotopic (exact) mass is 378 g/mol. The number of pyridine rings is 1. The van der Waals surface area contributed by atoms with Gasteiger partial charge in [-0.1, -0.05) is 29.3 Å². The number of anilines is 1. The van der Waals surface area contributed by atoms with Gasteiger partial charge in [-0.15, -0.1) is 0 Å². The van der Waals surface area contributed by atoms with Crippen LogP contribution in [0.2, 0.25) is 10.0 Å². The van der Waals surface area contributed by atoms with Gasteiger partial charge in [0.05, 0.1) is 27.0 Å². The van der Waals surface area contributed by atoms with E-state index in [1.54, 1.807) is 30.5 Å². The Morgan fingerprint density at radius 2 is 2.00 bits per heavy atom. The fourth-order valence-corrected chi connectivity index (χ4v) is 3.36. The number of nitrogens with zero attached hydrogens (tertiary/aromatic N) is 3. The number of carbonyl (C=O) groups excluding carboxylic acids is 1. The molecule has 1 fully saturated rings. The van der Waals surface area contributed by atoms with Gasteiger partial charge in [0.25, 0.3) is 0 Å². The summed E-state index contributed by atoms with van der Waals surface area (Å²) in [5, 5.41) is 3.62. The van der Waals surface area contributed by atoms with Crippen molar-refractivity contribution in [3.8, 4) is 11.4 Å². The predicted molar refractivity (Wildman–Crippen MR) is 95.6 cm³/mol. The molecule has 5 nitrogen and oxygen atoms in total. The Morgan fingerprint density at radius 3 is 2.64 bits per heavy atom. The summed E-state index contributed by atoms with van der Waals surface area (Å²) >= 11 is 12.6. The van der Waals surface area contributed by atoms with Crippen molar-refractivity contribution < 1.29 is 9.18 Å². The predicted octanol–water partition coefficient (Wildman–Crippen LogP) is 4.24. The Hall–Kier alpha value is -2.18. The average molecular weight is 379 g/mol. The summed E-state index contributed by atoms with van der Waals surface area (Å²) in [6.45, 7) is 0. The lowest BCUT2D eigenvalue weighted by molar-refractivity contribution is -0.117. The van der Waals surface area contributed by atoms with Crippen LogP contribution in [0.4, 0.5) is 10.2 Å². The molecule has 1 aliphatic rings. The maximum Gasteiger partial charge on any atom is 0.231 e. The van der Waals surface area contributed by atoms with Crippen LogP contribution in [0.25, 0.3) is 22.4 Å². The molecule has 1 aliphatic carbocycles. The lowest BCUT2D eigenvalue weighted by atomic mass is 10.2. The van der Waals surface area contributed by atoms with Crippen LogP contribution in [-0.4, -0.2) is 26.6 Å². The maximum atomic E-state index is 13.1. The normalized spacial score (nSPS) is 19.2. The molecule has 2 unspecified atom stereocenters. The molecule has 2 atom stereocenters. The highest BCUT2D eigenvalue weighted by atomic mass is 35.5. The Balaban J connectivity index is 1.82. The van der Waals surface area contributed by atoms with Crippen LogP contribution >= 0.6 is 23.2 Å². The van der Waals surface area contributed by atoms with Crippen molar-refractivity contribution in [3.63, 3.8) is 0 Å². The molecule has 0 saturated heterocycles. The van der Waals surface area contributed by atoms with Gasteiger partial charge in [-0.05, 0) is 24.6 Å². The van der Waals surface area contributed by atoms with Crippen LogP contribution in [0.1, 0.15) is 6.42 Å². The van der Waals surface area contributed by atoms with Crippen LogP contribution in [-0.2, 0) is 11.8 Å². The van der Waals surface area contributed by atoms with Crippen molar-refractivity contribution in [1.82, 2.24) is 14.5 Å². The molecule has 0 bridgehead atoms. The first-order valence-electron chi connectivity index (χ1n) is 7.68. The Bertz CT molecular complexity index is 983. The molecule has 25 heavy (non-hydrogen) atoms. The second-order valence-electron chi connectivity index (χ2n) is 5.97. The number of aromatic nitrogens is 3. The summed E-state index contributed by atoms with van der Waals surface area (Å²) in [6, 6.07) is 7.00. The van der Waals surface area contributed by atoms with Gasteiger partial charge in [0, 0.05) is 13.2 Å². The third kappa shape index (κ3) is 2.75. The van der Waals surface area contributed by atoms with E-state index < -0.39 is 12.1 Å². The van der Waals surface area contributed by atoms with Crippen molar-refractivity contribution in [2.75, 3.05) is 5.32 Å². The minimum absolute atomic E-state index is 0.254. The topological polar surface area (TPSA) is 59.8 Å². The van der Waals surface area contributed by atoms with Gasteiger partial charge in [-0.25, -0.2) is 14.4 Å². The number of amides is 1. The third-order valence-corrected chi connectivity index (χ3v) is 4.91. The summed E-state index contributed by atoms with van der Waals surface area (Å²) in [5.41, 5.74) is 1.86. The van der Waals surface area contributed by atoms with Gasteiger partial charge in [-0.3, -0.25) is 4.79 Å². The first kappa shape index (κ1) is 16.3. The van der Waals surface area contributed by atoms with E-state index in [2.05, 4.69) is 15.3 Å². The van der Waals surface area contributed by atoms with Crippen molar-refractivity contribution in [3.05, 3.63) is 40.5 Å². The molecule has 1 amide bonds. The fraction of sp³-hybridized carbons (Fsp3) is 0.235. The second kappa shape index (κ2) is 5.97. The molecular weight excluding hydrogens is 366 g/mol. The fourth-order valence-electron chi connectivity index (χ4n) is 2.79. The van der Waals surface area contributed by atoms with E-state index in [4.69, 9.17) is 23.2 Å². The minimum Gasteiger partial charge on any atom is -0.327 e. The lowest BCUT2D eigenvalue weighted by Crippen LogP contribution is -2.16. The zero-order valence-electron chi connectivity index (χ0n) is 13.1. The molecule has 1 saturated carbocycles. The first-order chi connectivity index (χ1) is 12.0. The van der Waals surface area contributed by atoms with Crippen LogP contribution in [0, 0.1) is 5.92 Å². The summed E-state index contributed by atoms with van der Waals surface area (Å²) in [7, 11) is 1.83. The lowest BCUT2D eigenvalue weighted by Gasteiger charge is -2.06. The highest BCUT2D eigenvalue weighted by Crippen LogP contribution is 2.37. The first-order valence-corrected chi connectivity index (χ1v) is 8.43. The molecule has 2 aromatic heterocycles. The van der Waals surface area contributed by atoms with Crippen molar-refractivity contribution in [1.29, 1.82) is 0 Å². The van der Waals surface area contributed by atoms with Gasteiger partial charge in [0.1, 0.15) is 17.5 Å². The zero-order valence-corrected chi connectivity index (χ0v) is 14.6. The van der Waals surface area contributed by atoms with Crippen LogP contribution in [0.3, 0.4) is 0 Å². The number of carbonyl (C=O) groups is 1. The van der Waals surface area contributed by atoms with Gasteiger partial charge < -0.3 is 9.88 Å². The Morgan fingerprint density at radius 1 is 1.32 bits per heavy atom. The van der Waals surface area contributed by atoms with E-state index in [1.165, 1.54) is 0 Å². The van der Waals surface area contributed by atoms with Gasteiger partial charge in [0.2, 0.25) is 5.91 Å². The Kier molecular flexibility index (Phi) is 3.89. The smallest absolute Gasteiger partial charge is 0.231 e. The molecule has 3 aromatic rings.